The SMILES string of the molecule is CNc1cccc2c1C(N(C)C)=CCC=C2.[B]1OCC2C[C@@H]12. The largest absolute Gasteiger partial charge is 0.440 e. The Kier molecular flexibility index (Phi) is 4.58. The van der Waals surface area contributed by atoms with Crippen molar-refractivity contribution in [3.8, 4) is 0 Å². The van der Waals surface area contributed by atoms with Crippen LogP contribution in [0, 0.1) is 5.92 Å². The van der Waals surface area contributed by atoms with Gasteiger partial charge in [-0.2, -0.15) is 0 Å². The zero-order chi connectivity index (χ0) is 15.5. The minimum absolute atomic E-state index is 0.866. The van der Waals surface area contributed by atoms with Crippen molar-refractivity contribution in [3.63, 3.8) is 0 Å². The van der Waals surface area contributed by atoms with E-state index in [4.69, 9.17) is 4.65 Å². The van der Waals surface area contributed by atoms with Crippen LogP contribution in [0.25, 0.3) is 11.8 Å². The number of benzene rings is 1. The van der Waals surface area contributed by atoms with Crippen molar-refractivity contribution in [2.45, 2.75) is 18.7 Å². The lowest BCUT2D eigenvalue weighted by Crippen LogP contribution is -2.12. The number of allylic oxidation sites excluding steroid dienone is 2. The van der Waals surface area contributed by atoms with E-state index in [0.717, 1.165) is 24.8 Å². The molecule has 4 rings (SSSR count). The molecular weight excluding hydrogens is 271 g/mol. The van der Waals surface area contributed by atoms with Gasteiger partial charge in [0.2, 0.25) is 0 Å². The van der Waals surface area contributed by atoms with Gasteiger partial charge >= 0.3 is 0 Å². The summed E-state index contributed by atoms with van der Waals surface area (Å²) in [5.41, 5.74) is 5.04. The van der Waals surface area contributed by atoms with Crippen molar-refractivity contribution in [3.05, 3.63) is 41.5 Å². The zero-order valence-corrected chi connectivity index (χ0v) is 13.7. The third-order valence-corrected chi connectivity index (χ3v) is 4.41. The van der Waals surface area contributed by atoms with E-state index in [0.29, 0.717) is 0 Å². The molecule has 2 fully saturated rings. The molecule has 3 aliphatic rings. The van der Waals surface area contributed by atoms with Gasteiger partial charge in [-0.1, -0.05) is 36.8 Å². The summed E-state index contributed by atoms with van der Waals surface area (Å²) in [6.07, 6.45) is 9.06. The summed E-state index contributed by atoms with van der Waals surface area (Å²) in [6.45, 7) is 1.00. The number of anilines is 1. The van der Waals surface area contributed by atoms with Gasteiger partial charge in [-0.25, -0.2) is 0 Å². The maximum absolute atomic E-state index is 4.98. The smallest absolute Gasteiger partial charge is 0.296 e. The van der Waals surface area contributed by atoms with Gasteiger partial charge in [0.05, 0.1) is 0 Å². The van der Waals surface area contributed by atoms with E-state index in [1.807, 2.05) is 14.5 Å². The van der Waals surface area contributed by atoms with E-state index in [-0.39, 0.29) is 0 Å². The predicted molar refractivity (Wildman–Crippen MR) is 94.9 cm³/mol. The van der Waals surface area contributed by atoms with Crippen LogP contribution in [0.3, 0.4) is 0 Å². The quantitative estimate of drug-likeness (QED) is 0.845. The molecule has 2 atom stereocenters. The van der Waals surface area contributed by atoms with Crippen molar-refractivity contribution in [2.75, 3.05) is 33.1 Å². The number of fused-ring (bicyclic) bond motifs is 2. The molecule has 0 bridgehead atoms. The van der Waals surface area contributed by atoms with E-state index in [9.17, 15) is 0 Å². The lowest BCUT2D eigenvalue weighted by molar-refractivity contribution is 0.344. The van der Waals surface area contributed by atoms with E-state index < -0.39 is 0 Å². The average Bonchev–Trinajstić information content (AvgIpc) is 3.20. The Bertz CT molecular complexity index is 587. The highest BCUT2D eigenvalue weighted by molar-refractivity contribution is 6.32. The summed E-state index contributed by atoms with van der Waals surface area (Å²) in [4.78, 5) is 2.17. The fraction of sp³-hybridized carbons (Fsp3) is 0.444. The Balaban J connectivity index is 0.000000196. The first-order valence-corrected chi connectivity index (χ1v) is 8.01. The van der Waals surface area contributed by atoms with Gasteiger partial charge in [0, 0.05) is 44.7 Å². The minimum atomic E-state index is 0.866. The van der Waals surface area contributed by atoms with E-state index in [1.54, 1.807) is 0 Å². The fourth-order valence-corrected chi connectivity index (χ4v) is 3.02. The van der Waals surface area contributed by atoms with Gasteiger partial charge in [0.1, 0.15) is 0 Å². The van der Waals surface area contributed by atoms with Gasteiger partial charge in [-0.05, 0) is 29.8 Å². The van der Waals surface area contributed by atoms with Crippen LogP contribution in [0.4, 0.5) is 5.69 Å². The van der Waals surface area contributed by atoms with Crippen molar-refractivity contribution in [1.82, 2.24) is 4.90 Å². The Labute approximate surface area is 134 Å². The van der Waals surface area contributed by atoms with Crippen LogP contribution < -0.4 is 5.32 Å². The second-order valence-electron chi connectivity index (χ2n) is 6.27. The maximum atomic E-state index is 4.98. The first-order valence-electron chi connectivity index (χ1n) is 8.01. The summed E-state index contributed by atoms with van der Waals surface area (Å²) in [5, 5.41) is 3.27. The predicted octanol–water partition coefficient (Wildman–Crippen LogP) is 3.49. The summed E-state index contributed by atoms with van der Waals surface area (Å²) >= 11 is 0. The second kappa shape index (κ2) is 6.61. The molecule has 2 aliphatic carbocycles. The van der Waals surface area contributed by atoms with Crippen LogP contribution in [0.2, 0.25) is 5.82 Å². The minimum Gasteiger partial charge on any atom is -0.440 e. The first kappa shape index (κ1) is 15.2. The molecule has 1 N–H and O–H groups in total. The monoisotopic (exact) mass is 295 g/mol. The molecule has 1 aliphatic heterocycles. The number of rotatable bonds is 2. The van der Waals surface area contributed by atoms with Crippen LogP contribution in [-0.2, 0) is 4.65 Å². The molecule has 0 aromatic heterocycles. The molecule has 3 nitrogen and oxygen atoms in total. The molecule has 1 unspecified atom stereocenters. The molecule has 22 heavy (non-hydrogen) atoms. The average molecular weight is 295 g/mol. The van der Waals surface area contributed by atoms with Crippen LogP contribution in [0.1, 0.15) is 24.0 Å². The lowest BCUT2D eigenvalue weighted by Gasteiger charge is -2.21. The van der Waals surface area contributed by atoms with Crippen molar-refractivity contribution in [1.29, 1.82) is 0 Å². The van der Waals surface area contributed by atoms with Gasteiger partial charge in [0.25, 0.3) is 7.48 Å². The van der Waals surface area contributed by atoms with Gasteiger partial charge in [-0.15, -0.1) is 0 Å². The van der Waals surface area contributed by atoms with Crippen LogP contribution in [0.15, 0.2) is 30.4 Å². The Hall–Kier alpha value is -1.68. The van der Waals surface area contributed by atoms with Crippen molar-refractivity contribution >= 4 is 24.9 Å². The van der Waals surface area contributed by atoms with Crippen LogP contribution in [0.5, 0.6) is 0 Å². The molecule has 115 valence electrons. The molecule has 0 amide bonds. The molecular formula is C18H24BN2O. The molecule has 4 heteroatoms. The standard InChI is InChI=1S/C14H18N2.C4H6BO/c1-15-12-9-6-8-11-7-4-5-10-13(14(11)12)16(2)3;1-3-2-6-5-4(1)3/h4,6-10,15H,5H2,1-3H3;3-4H,1-2H2/t;3?,4-/m.1/s1. The fourth-order valence-electron chi connectivity index (χ4n) is 3.02. The van der Waals surface area contributed by atoms with E-state index in [1.165, 1.54) is 28.9 Å². The Morgan fingerprint density at radius 3 is 2.73 bits per heavy atom. The summed E-state index contributed by atoms with van der Waals surface area (Å²) < 4.78 is 4.98. The zero-order valence-electron chi connectivity index (χ0n) is 13.7. The van der Waals surface area contributed by atoms with Gasteiger partial charge in [-0.3, -0.25) is 0 Å². The normalized spacial score (nSPS) is 23.9. The van der Waals surface area contributed by atoms with Crippen LogP contribution >= 0.6 is 0 Å². The van der Waals surface area contributed by atoms with Crippen molar-refractivity contribution in [2.24, 2.45) is 5.92 Å². The third-order valence-electron chi connectivity index (χ3n) is 4.41. The Morgan fingerprint density at radius 1 is 1.32 bits per heavy atom. The first-order chi connectivity index (χ1) is 10.7. The van der Waals surface area contributed by atoms with E-state index in [2.05, 4.69) is 60.7 Å². The Morgan fingerprint density at radius 2 is 2.18 bits per heavy atom. The second-order valence-corrected chi connectivity index (χ2v) is 6.27. The number of nitrogens with one attached hydrogen (secondary N) is 1. The molecule has 1 saturated heterocycles. The van der Waals surface area contributed by atoms with E-state index >= 15 is 0 Å². The molecule has 1 aromatic carbocycles. The molecule has 1 heterocycles. The summed E-state index contributed by atoms with van der Waals surface area (Å²) in [7, 11) is 8.13. The lowest BCUT2D eigenvalue weighted by atomic mass is 9.94. The molecule has 1 saturated carbocycles. The summed E-state index contributed by atoms with van der Waals surface area (Å²) in [6, 6.07) is 6.37. The maximum Gasteiger partial charge on any atom is 0.296 e. The topological polar surface area (TPSA) is 24.5 Å². The molecule has 1 aromatic rings. The third kappa shape index (κ3) is 3.22. The number of hydrogen-bond donors (Lipinski definition) is 1. The number of hydrogen-bond acceptors (Lipinski definition) is 3. The van der Waals surface area contributed by atoms with Gasteiger partial charge in [0.15, 0.2) is 0 Å². The van der Waals surface area contributed by atoms with Crippen LogP contribution in [-0.4, -0.2) is 40.1 Å². The highest BCUT2D eigenvalue weighted by Crippen LogP contribution is 2.48. The molecule has 1 radical (unpaired) electrons. The van der Waals surface area contributed by atoms with Crippen molar-refractivity contribution < 1.29 is 4.65 Å². The highest BCUT2D eigenvalue weighted by atomic mass is 16.4. The highest BCUT2D eigenvalue weighted by Gasteiger charge is 2.43. The summed E-state index contributed by atoms with van der Waals surface area (Å²) in [5.74, 6) is 1.80. The number of nitrogens with zero attached hydrogens (tertiary/aromatic N) is 1. The van der Waals surface area contributed by atoms with Gasteiger partial charge < -0.3 is 14.9 Å². The molecule has 0 spiro atoms.